The number of nitrogens with one attached hydrogen (secondary N) is 1. The molecule has 0 atom stereocenters. The minimum atomic E-state index is 0.289. The third-order valence-electron chi connectivity index (χ3n) is 4.11. The molecule has 2 nitrogen and oxygen atoms in total. The molecule has 0 heterocycles. The highest BCUT2D eigenvalue weighted by Crippen LogP contribution is 2.33. The summed E-state index contributed by atoms with van der Waals surface area (Å²) in [5.74, 6) is 2.88. The number of rotatable bonds is 5. The summed E-state index contributed by atoms with van der Waals surface area (Å²) in [6.45, 7) is 9.84. The second-order valence-corrected chi connectivity index (χ2v) is 6.33. The van der Waals surface area contributed by atoms with Crippen molar-refractivity contribution in [1.29, 1.82) is 0 Å². The summed E-state index contributed by atoms with van der Waals surface area (Å²) in [6.07, 6.45) is 5.75. The van der Waals surface area contributed by atoms with Gasteiger partial charge in [-0.2, -0.15) is 0 Å². The summed E-state index contributed by atoms with van der Waals surface area (Å²) < 4.78 is 0. The Bertz CT molecular complexity index is 227. The first-order chi connectivity index (χ1) is 8.00. The predicted molar refractivity (Wildman–Crippen MR) is 72.8 cm³/mol. The van der Waals surface area contributed by atoms with Crippen LogP contribution in [0, 0.1) is 23.7 Å². The van der Waals surface area contributed by atoms with Crippen LogP contribution in [0.1, 0.15) is 59.8 Å². The smallest absolute Gasteiger partial charge is 0.223 e. The van der Waals surface area contributed by atoms with Gasteiger partial charge in [0, 0.05) is 12.5 Å². The van der Waals surface area contributed by atoms with E-state index in [1.165, 1.54) is 12.8 Å². The Morgan fingerprint density at radius 1 is 1.12 bits per heavy atom. The Kier molecular flexibility index (Phi) is 6.01. The molecule has 0 aromatic heterocycles. The zero-order valence-electron chi connectivity index (χ0n) is 12.0. The van der Waals surface area contributed by atoms with Gasteiger partial charge in [0.05, 0.1) is 0 Å². The van der Waals surface area contributed by atoms with Gasteiger partial charge in [0.25, 0.3) is 0 Å². The van der Waals surface area contributed by atoms with Crippen LogP contribution in [-0.4, -0.2) is 12.5 Å². The van der Waals surface area contributed by atoms with Crippen LogP contribution in [0.15, 0.2) is 0 Å². The molecule has 1 aliphatic carbocycles. The van der Waals surface area contributed by atoms with E-state index in [4.69, 9.17) is 0 Å². The minimum absolute atomic E-state index is 0.289. The Balaban J connectivity index is 2.21. The summed E-state index contributed by atoms with van der Waals surface area (Å²) in [5.41, 5.74) is 0. The van der Waals surface area contributed by atoms with Gasteiger partial charge < -0.3 is 5.32 Å². The van der Waals surface area contributed by atoms with Crippen LogP contribution in [0.3, 0.4) is 0 Å². The first-order valence-corrected chi connectivity index (χ1v) is 7.28. The quantitative estimate of drug-likeness (QED) is 0.780. The standard InChI is InChI=1S/C15H29NO/c1-11(2)9-10-16-15(17)14-7-5-13(6-8-14)12(3)4/h11-14H,5-10H2,1-4H3,(H,16,17). The van der Waals surface area contributed by atoms with Gasteiger partial charge in [-0.05, 0) is 49.9 Å². The molecule has 0 aliphatic heterocycles. The average molecular weight is 239 g/mol. The summed E-state index contributed by atoms with van der Waals surface area (Å²) in [6, 6.07) is 0. The molecule has 0 saturated heterocycles. The van der Waals surface area contributed by atoms with Crippen molar-refractivity contribution in [2.75, 3.05) is 6.54 Å². The van der Waals surface area contributed by atoms with Crippen LogP contribution in [-0.2, 0) is 4.79 Å². The maximum absolute atomic E-state index is 11.9. The molecule has 1 N–H and O–H groups in total. The van der Waals surface area contributed by atoms with Gasteiger partial charge in [0.15, 0.2) is 0 Å². The third kappa shape index (κ3) is 5.10. The molecule has 0 radical (unpaired) electrons. The second-order valence-electron chi connectivity index (χ2n) is 6.33. The van der Waals surface area contributed by atoms with E-state index >= 15 is 0 Å². The van der Waals surface area contributed by atoms with Crippen LogP contribution < -0.4 is 5.32 Å². The van der Waals surface area contributed by atoms with E-state index in [0.29, 0.717) is 11.8 Å². The monoisotopic (exact) mass is 239 g/mol. The normalized spacial score (nSPS) is 25.3. The molecule has 0 unspecified atom stereocenters. The van der Waals surface area contributed by atoms with Gasteiger partial charge in [-0.3, -0.25) is 4.79 Å². The predicted octanol–water partition coefficient (Wildman–Crippen LogP) is 3.61. The van der Waals surface area contributed by atoms with Crippen LogP contribution >= 0.6 is 0 Å². The molecule has 1 saturated carbocycles. The van der Waals surface area contributed by atoms with E-state index in [1.54, 1.807) is 0 Å². The maximum Gasteiger partial charge on any atom is 0.223 e. The van der Waals surface area contributed by atoms with Crippen LogP contribution in [0.2, 0.25) is 0 Å². The van der Waals surface area contributed by atoms with Crippen molar-refractivity contribution in [3.8, 4) is 0 Å². The topological polar surface area (TPSA) is 29.1 Å². The van der Waals surface area contributed by atoms with Gasteiger partial charge in [0.2, 0.25) is 5.91 Å². The molecular formula is C15H29NO. The lowest BCUT2D eigenvalue weighted by atomic mass is 9.77. The molecule has 0 bridgehead atoms. The van der Waals surface area contributed by atoms with E-state index in [0.717, 1.165) is 37.6 Å². The lowest BCUT2D eigenvalue weighted by Crippen LogP contribution is -2.34. The molecule has 1 rings (SSSR count). The van der Waals surface area contributed by atoms with Crippen molar-refractivity contribution in [3.63, 3.8) is 0 Å². The lowest BCUT2D eigenvalue weighted by Gasteiger charge is -2.30. The van der Waals surface area contributed by atoms with Gasteiger partial charge in [-0.25, -0.2) is 0 Å². The largest absolute Gasteiger partial charge is 0.356 e. The fourth-order valence-corrected chi connectivity index (χ4v) is 2.68. The molecule has 17 heavy (non-hydrogen) atoms. The SMILES string of the molecule is CC(C)CCNC(=O)C1CCC(C(C)C)CC1. The van der Waals surface area contributed by atoms with Gasteiger partial charge in [-0.15, -0.1) is 0 Å². The van der Waals surface area contributed by atoms with Gasteiger partial charge >= 0.3 is 0 Å². The molecule has 1 amide bonds. The number of hydrogen-bond acceptors (Lipinski definition) is 1. The first-order valence-electron chi connectivity index (χ1n) is 7.28. The highest BCUT2D eigenvalue weighted by molar-refractivity contribution is 5.78. The van der Waals surface area contributed by atoms with Crippen molar-refractivity contribution in [2.45, 2.75) is 59.8 Å². The summed E-state index contributed by atoms with van der Waals surface area (Å²) in [7, 11) is 0. The van der Waals surface area contributed by atoms with Crippen molar-refractivity contribution in [2.24, 2.45) is 23.7 Å². The Labute approximate surface area is 107 Å². The second kappa shape index (κ2) is 7.03. The highest BCUT2D eigenvalue weighted by Gasteiger charge is 2.27. The van der Waals surface area contributed by atoms with Crippen molar-refractivity contribution in [1.82, 2.24) is 5.32 Å². The first kappa shape index (κ1) is 14.5. The fourth-order valence-electron chi connectivity index (χ4n) is 2.68. The zero-order chi connectivity index (χ0) is 12.8. The number of carbonyl (C=O) groups is 1. The Hall–Kier alpha value is -0.530. The molecular weight excluding hydrogens is 210 g/mol. The lowest BCUT2D eigenvalue weighted by molar-refractivity contribution is -0.126. The van der Waals surface area contributed by atoms with E-state index in [9.17, 15) is 4.79 Å². The highest BCUT2D eigenvalue weighted by atomic mass is 16.1. The fraction of sp³-hybridized carbons (Fsp3) is 0.933. The van der Waals surface area contributed by atoms with Crippen molar-refractivity contribution < 1.29 is 4.79 Å². The number of hydrogen-bond donors (Lipinski definition) is 1. The van der Waals surface area contributed by atoms with E-state index in [1.807, 2.05) is 0 Å². The zero-order valence-corrected chi connectivity index (χ0v) is 12.0. The summed E-state index contributed by atoms with van der Waals surface area (Å²) in [4.78, 5) is 11.9. The summed E-state index contributed by atoms with van der Waals surface area (Å²) >= 11 is 0. The number of carbonyl (C=O) groups excluding carboxylic acids is 1. The molecule has 100 valence electrons. The Morgan fingerprint density at radius 2 is 1.71 bits per heavy atom. The molecule has 0 aromatic carbocycles. The summed E-state index contributed by atoms with van der Waals surface area (Å²) in [5, 5.41) is 3.09. The molecule has 1 fully saturated rings. The maximum atomic E-state index is 11.9. The van der Waals surface area contributed by atoms with Crippen LogP contribution in [0.25, 0.3) is 0 Å². The van der Waals surface area contributed by atoms with Crippen molar-refractivity contribution in [3.05, 3.63) is 0 Å². The third-order valence-corrected chi connectivity index (χ3v) is 4.11. The van der Waals surface area contributed by atoms with Gasteiger partial charge in [-0.1, -0.05) is 27.7 Å². The minimum Gasteiger partial charge on any atom is -0.356 e. The Morgan fingerprint density at radius 3 is 2.18 bits per heavy atom. The molecule has 1 aliphatic rings. The van der Waals surface area contributed by atoms with Crippen LogP contribution in [0.4, 0.5) is 0 Å². The number of amides is 1. The van der Waals surface area contributed by atoms with Gasteiger partial charge in [0.1, 0.15) is 0 Å². The molecule has 2 heteroatoms. The van der Waals surface area contributed by atoms with E-state index < -0.39 is 0 Å². The molecule has 0 spiro atoms. The van der Waals surface area contributed by atoms with Crippen molar-refractivity contribution >= 4 is 5.91 Å². The van der Waals surface area contributed by atoms with E-state index in [-0.39, 0.29) is 5.92 Å². The van der Waals surface area contributed by atoms with Crippen LogP contribution in [0.5, 0.6) is 0 Å². The molecule has 0 aromatic rings. The average Bonchev–Trinajstić information content (AvgIpc) is 2.28. The van der Waals surface area contributed by atoms with E-state index in [2.05, 4.69) is 33.0 Å².